The Morgan fingerprint density at radius 2 is 2.38 bits per heavy atom. The summed E-state index contributed by atoms with van der Waals surface area (Å²) in [5.74, 6) is -1.05. The molecule has 4 N–H and O–H groups in total. The molecule has 0 aliphatic rings. The van der Waals surface area contributed by atoms with Gasteiger partial charge >= 0.3 is 52.4 Å². The van der Waals surface area contributed by atoms with E-state index in [1.807, 2.05) is 0 Å². The molecule has 0 rings (SSSR count). The predicted octanol–water partition coefficient (Wildman–Crippen LogP) is -1.57. The number of nitrogens with two attached hydrogens (primary N) is 1. The third-order valence-corrected chi connectivity index (χ3v) is 1.64. The van der Waals surface area contributed by atoms with E-state index in [0.717, 1.165) is 0 Å². The SMILES string of the molecule is NC(C[Se]O)C(=O)O. The van der Waals surface area contributed by atoms with E-state index in [1.54, 1.807) is 0 Å². The maximum absolute atomic E-state index is 9.86. The van der Waals surface area contributed by atoms with E-state index >= 15 is 0 Å². The number of aliphatic carboxylic acids is 1. The fourth-order valence-corrected chi connectivity index (χ4v) is 0.788. The fourth-order valence-electron chi connectivity index (χ4n) is 0.152. The van der Waals surface area contributed by atoms with Crippen LogP contribution in [0.2, 0.25) is 5.32 Å². The van der Waals surface area contributed by atoms with E-state index < -0.39 is 27.3 Å². The standard InChI is InChI=1S/C3H7NO3Se/c4-2(1-8-7)3(5)6/h2,7H,1,4H2,(H,5,6). The molecule has 0 spiro atoms. The number of hydrogen-bond donors (Lipinski definition) is 3. The zero-order chi connectivity index (χ0) is 6.57. The summed E-state index contributed by atoms with van der Waals surface area (Å²) >= 11 is -0.627. The summed E-state index contributed by atoms with van der Waals surface area (Å²) in [5, 5.41) is 8.27. The number of hydrogen-bond acceptors (Lipinski definition) is 3. The second kappa shape index (κ2) is 3.86. The van der Waals surface area contributed by atoms with Crippen LogP contribution in [0.4, 0.5) is 0 Å². The molecule has 0 heterocycles. The first kappa shape index (κ1) is 7.91. The predicted molar refractivity (Wildman–Crippen MR) is 28.4 cm³/mol. The van der Waals surface area contributed by atoms with Crippen molar-refractivity contribution in [2.24, 2.45) is 5.73 Å². The summed E-state index contributed by atoms with van der Waals surface area (Å²) in [6, 6.07) is -0.889. The van der Waals surface area contributed by atoms with Gasteiger partial charge in [0.1, 0.15) is 0 Å². The van der Waals surface area contributed by atoms with E-state index in [0.29, 0.717) is 0 Å². The summed E-state index contributed by atoms with van der Waals surface area (Å²) < 4.78 is 8.20. The van der Waals surface area contributed by atoms with Crippen molar-refractivity contribution in [3.63, 3.8) is 0 Å². The van der Waals surface area contributed by atoms with Crippen molar-refractivity contribution in [3.05, 3.63) is 0 Å². The van der Waals surface area contributed by atoms with Crippen LogP contribution < -0.4 is 5.73 Å². The summed E-state index contributed by atoms with van der Waals surface area (Å²) in [4.78, 5) is 9.86. The molecule has 48 valence electrons. The third-order valence-electron chi connectivity index (χ3n) is 0.571. The van der Waals surface area contributed by atoms with Crippen LogP contribution >= 0.6 is 0 Å². The zero-order valence-corrected chi connectivity index (χ0v) is 5.79. The molecule has 1 unspecified atom stereocenters. The number of carbonyl (C=O) groups is 1. The van der Waals surface area contributed by atoms with Gasteiger partial charge in [-0.1, -0.05) is 0 Å². The zero-order valence-electron chi connectivity index (χ0n) is 4.07. The molecule has 1 atom stereocenters. The molecule has 8 heavy (non-hydrogen) atoms. The van der Waals surface area contributed by atoms with Crippen molar-refractivity contribution in [2.45, 2.75) is 11.4 Å². The Kier molecular flexibility index (Phi) is 3.81. The Hall–Kier alpha value is -0.0905. The molecule has 0 aliphatic carbocycles. The topological polar surface area (TPSA) is 83.5 Å². The van der Waals surface area contributed by atoms with Gasteiger partial charge in [-0.3, -0.25) is 0 Å². The summed E-state index contributed by atoms with van der Waals surface area (Å²) in [6.45, 7) is 0. The first-order valence-electron chi connectivity index (χ1n) is 1.93. The minimum atomic E-state index is -1.05. The molecular formula is C3H7NO3Se. The molecule has 4 nitrogen and oxygen atoms in total. The molecule has 0 aliphatic heterocycles. The van der Waals surface area contributed by atoms with Gasteiger partial charge in [0, 0.05) is 0 Å². The summed E-state index contributed by atoms with van der Waals surface area (Å²) in [7, 11) is 0. The van der Waals surface area contributed by atoms with Crippen LogP contribution in [0.5, 0.6) is 0 Å². The van der Waals surface area contributed by atoms with E-state index in [9.17, 15) is 4.79 Å². The van der Waals surface area contributed by atoms with Crippen LogP contribution in [-0.4, -0.2) is 36.6 Å². The van der Waals surface area contributed by atoms with Crippen LogP contribution in [0.25, 0.3) is 0 Å². The van der Waals surface area contributed by atoms with Gasteiger partial charge in [0.25, 0.3) is 0 Å². The molecule has 0 aromatic heterocycles. The van der Waals surface area contributed by atoms with Gasteiger partial charge in [0.15, 0.2) is 0 Å². The van der Waals surface area contributed by atoms with Gasteiger partial charge < -0.3 is 0 Å². The second-order valence-corrected chi connectivity index (χ2v) is 2.48. The Morgan fingerprint density at radius 1 is 1.88 bits per heavy atom. The molecule has 0 aromatic carbocycles. The Labute approximate surface area is 53.2 Å². The molecule has 0 radical (unpaired) electrons. The first-order valence-corrected chi connectivity index (χ1v) is 3.91. The van der Waals surface area contributed by atoms with E-state index in [4.69, 9.17) is 15.0 Å². The molecule has 5 heteroatoms. The van der Waals surface area contributed by atoms with Crippen molar-refractivity contribution in [2.75, 3.05) is 0 Å². The van der Waals surface area contributed by atoms with Crippen molar-refractivity contribution in [3.8, 4) is 0 Å². The van der Waals surface area contributed by atoms with Gasteiger partial charge in [-0.2, -0.15) is 0 Å². The summed E-state index contributed by atoms with van der Waals surface area (Å²) in [5.41, 5.74) is 4.98. The molecule has 0 bridgehead atoms. The number of carboxylic acid groups (broad SMARTS) is 1. The van der Waals surface area contributed by atoms with Crippen molar-refractivity contribution in [1.29, 1.82) is 0 Å². The van der Waals surface area contributed by atoms with Crippen LogP contribution in [0.1, 0.15) is 0 Å². The van der Waals surface area contributed by atoms with Gasteiger partial charge in [-0.25, -0.2) is 0 Å². The average Bonchev–Trinajstić information content (AvgIpc) is 1.67. The number of carboxylic acids is 1. The summed E-state index contributed by atoms with van der Waals surface area (Å²) in [6.07, 6.45) is 0. The molecule has 0 saturated heterocycles. The Bertz CT molecular complexity index is 86.6. The first-order chi connectivity index (χ1) is 3.68. The van der Waals surface area contributed by atoms with Crippen LogP contribution in [-0.2, 0) is 4.79 Å². The maximum atomic E-state index is 9.86. The normalized spacial score (nSPS) is 13.2. The number of rotatable bonds is 3. The molecule has 0 aromatic rings. The second-order valence-electron chi connectivity index (χ2n) is 1.24. The quantitative estimate of drug-likeness (QED) is 0.462. The fraction of sp³-hybridized carbons (Fsp3) is 0.667. The minimum absolute atomic E-state index is 0.183. The monoisotopic (exact) mass is 185 g/mol. The van der Waals surface area contributed by atoms with Gasteiger partial charge in [0.2, 0.25) is 0 Å². The van der Waals surface area contributed by atoms with Crippen molar-refractivity contribution in [1.82, 2.24) is 0 Å². The van der Waals surface area contributed by atoms with Crippen molar-refractivity contribution >= 4 is 21.3 Å². The van der Waals surface area contributed by atoms with Crippen molar-refractivity contribution < 1.29 is 14.1 Å². The third kappa shape index (κ3) is 2.98. The van der Waals surface area contributed by atoms with Gasteiger partial charge in [-0.15, -0.1) is 0 Å². The van der Waals surface area contributed by atoms with Gasteiger partial charge in [0.05, 0.1) is 0 Å². The van der Waals surface area contributed by atoms with Crippen LogP contribution in [0.15, 0.2) is 0 Å². The average molecular weight is 184 g/mol. The molecular weight excluding hydrogens is 177 g/mol. The molecule has 0 amide bonds. The molecule has 0 saturated carbocycles. The van der Waals surface area contributed by atoms with E-state index in [1.165, 1.54) is 0 Å². The Balaban J connectivity index is 3.32. The Morgan fingerprint density at radius 3 is 2.50 bits per heavy atom. The van der Waals surface area contributed by atoms with Crippen LogP contribution in [0.3, 0.4) is 0 Å². The van der Waals surface area contributed by atoms with Gasteiger partial charge in [-0.05, 0) is 0 Å². The van der Waals surface area contributed by atoms with E-state index in [2.05, 4.69) is 0 Å². The molecule has 0 fully saturated rings. The van der Waals surface area contributed by atoms with E-state index in [-0.39, 0.29) is 5.32 Å². The van der Waals surface area contributed by atoms with Crippen LogP contribution in [0, 0.1) is 0 Å².